The Bertz CT molecular complexity index is 1270. The first-order valence-electron chi connectivity index (χ1n) is 9.08. The lowest BCUT2D eigenvalue weighted by Gasteiger charge is -2.13. The van der Waals surface area contributed by atoms with E-state index < -0.39 is 0 Å². The van der Waals surface area contributed by atoms with Crippen molar-refractivity contribution in [2.45, 2.75) is 0 Å². The zero-order chi connectivity index (χ0) is 21.1. The molecule has 0 amide bonds. The standard InChI is InChI=1S/C24H16BrN3O2/c25-17-6-4-5-16(11-17)21-13-19(20(14-26)24(27)28-21)15-9-10-23(22(29)12-15)30-18-7-2-1-3-8-18/h1-13,29H,(H2,27,28). The average molecular weight is 458 g/mol. The Morgan fingerprint density at radius 3 is 2.43 bits per heavy atom. The molecule has 0 saturated carbocycles. The summed E-state index contributed by atoms with van der Waals surface area (Å²) in [5.74, 6) is 1.02. The quantitative estimate of drug-likeness (QED) is 0.384. The van der Waals surface area contributed by atoms with Crippen LogP contribution in [0.3, 0.4) is 0 Å². The van der Waals surface area contributed by atoms with Gasteiger partial charge < -0.3 is 15.6 Å². The number of pyridine rings is 1. The molecule has 5 nitrogen and oxygen atoms in total. The maximum absolute atomic E-state index is 10.5. The summed E-state index contributed by atoms with van der Waals surface area (Å²) in [6, 6.07) is 25.7. The number of phenolic OH excluding ortho intramolecular Hbond substituents is 1. The third-order valence-corrected chi connectivity index (χ3v) is 5.01. The van der Waals surface area contributed by atoms with Crippen molar-refractivity contribution in [3.63, 3.8) is 0 Å². The van der Waals surface area contributed by atoms with Crippen LogP contribution < -0.4 is 10.5 Å². The Hall–Kier alpha value is -3.82. The lowest BCUT2D eigenvalue weighted by molar-refractivity contribution is 0.411. The average Bonchev–Trinajstić information content (AvgIpc) is 2.75. The number of halogens is 1. The van der Waals surface area contributed by atoms with Gasteiger partial charge in [0.25, 0.3) is 0 Å². The lowest BCUT2D eigenvalue weighted by atomic mass is 9.98. The van der Waals surface area contributed by atoms with Crippen molar-refractivity contribution in [2.75, 3.05) is 5.73 Å². The summed E-state index contributed by atoms with van der Waals surface area (Å²) in [4.78, 5) is 4.38. The summed E-state index contributed by atoms with van der Waals surface area (Å²) in [5, 5.41) is 20.1. The van der Waals surface area contributed by atoms with E-state index in [1.807, 2.05) is 42.5 Å². The number of aromatic hydroxyl groups is 1. The molecular formula is C24H16BrN3O2. The number of nitriles is 1. The molecular weight excluding hydrogens is 442 g/mol. The highest BCUT2D eigenvalue weighted by Crippen LogP contribution is 2.37. The number of anilines is 1. The second kappa shape index (κ2) is 8.27. The fraction of sp³-hybridized carbons (Fsp3) is 0. The van der Waals surface area contributed by atoms with Gasteiger partial charge in [0, 0.05) is 15.6 Å². The second-order valence-electron chi connectivity index (χ2n) is 6.54. The molecule has 6 heteroatoms. The molecule has 0 unspecified atom stereocenters. The van der Waals surface area contributed by atoms with Crippen molar-refractivity contribution < 1.29 is 9.84 Å². The van der Waals surface area contributed by atoms with E-state index in [1.54, 1.807) is 36.4 Å². The maximum Gasteiger partial charge on any atom is 0.169 e. The lowest BCUT2D eigenvalue weighted by Crippen LogP contribution is -2.00. The third kappa shape index (κ3) is 3.97. The van der Waals surface area contributed by atoms with Gasteiger partial charge in [0.2, 0.25) is 0 Å². The van der Waals surface area contributed by atoms with Gasteiger partial charge in [-0.25, -0.2) is 4.98 Å². The SMILES string of the molecule is N#Cc1c(-c2ccc(Oc3ccccc3)c(O)c2)cc(-c2cccc(Br)c2)nc1N. The van der Waals surface area contributed by atoms with Gasteiger partial charge in [-0.05, 0) is 48.0 Å². The first kappa shape index (κ1) is 19.5. The van der Waals surface area contributed by atoms with Crippen molar-refractivity contribution in [3.8, 4) is 45.7 Å². The summed E-state index contributed by atoms with van der Waals surface area (Å²) in [7, 11) is 0. The molecule has 0 aliphatic rings. The largest absolute Gasteiger partial charge is 0.504 e. The Labute approximate surface area is 182 Å². The molecule has 0 saturated heterocycles. The molecule has 4 rings (SSSR count). The molecule has 4 aromatic rings. The van der Waals surface area contributed by atoms with Crippen LogP contribution in [0, 0.1) is 11.3 Å². The van der Waals surface area contributed by atoms with Crippen molar-refractivity contribution in [1.82, 2.24) is 4.98 Å². The summed E-state index contributed by atoms with van der Waals surface area (Å²) in [6.45, 7) is 0. The number of benzene rings is 3. The van der Waals surface area contributed by atoms with E-state index in [0.717, 1.165) is 10.0 Å². The van der Waals surface area contributed by atoms with E-state index in [1.165, 1.54) is 0 Å². The van der Waals surface area contributed by atoms with Crippen LogP contribution in [0.5, 0.6) is 17.2 Å². The number of rotatable bonds is 4. The zero-order valence-electron chi connectivity index (χ0n) is 15.7. The fourth-order valence-electron chi connectivity index (χ4n) is 3.09. The Morgan fingerprint density at radius 1 is 0.933 bits per heavy atom. The summed E-state index contributed by atoms with van der Waals surface area (Å²) >= 11 is 3.46. The van der Waals surface area contributed by atoms with Gasteiger partial charge in [-0.2, -0.15) is 5.26 Å². The molecule has 30 heavy (non-hydrogen) atoms. The second-order valence-corrected chi connectivity index (χ2v) is 7.45. The summed E-state index contributed by atoms with van der Waals surface area (Å²) in [5.41, 5.74) is 9.04. The monoisotopic (exact) mass is 457 g/mol. The number of hydrogen-bond acceptors (Lipinski definition) is 5. The molecule has 0 aliphatic heterocycles. The number of hydrogen-bond donors (Lipinski definition) is 2. The molecule has 0 bridgehead atoms. The molecule has 1 aromatic heterocycles. The van der Waals surface area contributed by atoms with Gasteiger partial charge in [0.1, 0.15) is 23.2 Å². The minimum absolute atomic E-state index is 0.0420. The Balaban J connectivity index is 1.77. The molecule has 3 aromatic carbocycles. The van der Waals surface area contributed by atoms with Crippen LogP contribution in [0.25, 0.3) is 22.4 Å². The number of nitrogens with zero attached hydrogens (tertiary/aromatic N) is 2. The minimum atomic E-state index is -0.0420. The number of ether oxygens (including phenoxy) is 1. The highest BCUT2D eigenvalue weighted by molar-refractivity contribution is 9.10. The molecule has 0 spiro atoms. The van der Waals surface area contributed by atoms with Crippen LogP contribution >= 0.6 is 15.9 Å². The van der Waals surface area contributed by atoms with Crippen LogP contribution in [0.2, 0.25) is 0 Å². The smallest absolute Gasteiger partial charge is 0.169 e. The van der Waals surface area contributed by atoms with E-state index in [2.05, 4.69) is 27.0 Å². The van der Waals surface area contributed by atoms with Crippen LogP contribution in [0.15, 0.2) is 83.3 Å². The first-order chi connectivity index (χ1) is 14.5. The van der Waals surface area contributed by atoms with E-state index in [9.17, 15) is 10.4 Å². The topological polar surface area (TPSA) is 92.2 Å². The van der Waals surface area contributed by atoms with Gasteiger partial charge in [-0.1, -0.05) is 52.3 Å². The van der Waals surface area contributed by atoms with E-state index >= 15 is 0 Å². The van der Waals surface area contributed by atoms with E-state index in [4.69, 9.17) is 10.5 Å². The van der Waals surface area contributed by atoms with Crippen molar-refractivity contribution in [3.05, 3.63) is 88.9 Å². The summed E-state index contributed by atoms with van der Waals surface area (Å²) < 4.78 is 6.64. The number of phenols is 1. The van der Waals surface area contributed by atoms with E-state index in [-0.39, 0.29) is 17.1 Å². The molecule has 146 valence electrons. The molecule has 1 heterocycles. The first-order valence-corrected chi connectivity index (χ1v) is 9.87. The van der Waals surface area contributed by atoms with Crippen molar-refractivity contribution in [2.24, 2.45) is 0 Å². The molecule has 0 atom stereocenters. The van der Waals surface area contributed by atoms with Crippen LogP contribution in [-0.2, 0) is 0 Å². The summed E-state index contributed by atoms with van der Waals surface area (Å²) in [6.07, 6.45) is 0. The molecule has 0 radical (unpaired) electrons. The highest BCUT2D eigenvalue weighted by Gasteiger charge is 2.15. The Kier molecular flexibility index (Phi) is 5.38. The van der Waals surface area contributed by atoms with E-state index in [0.29, 0.717) is 28.3 Å². The molecule has 0 fully saturated rings. The fourth-order valence-corrected chi connectivity index (χ4v) is 3.49. The van der Waals surface area contributed by atoms with Crippen LogP contribution in [0.1, 0.15) is 5.56 Å². The third-order valence-electron chi connectivity index (χ3n) is 4.52. The van der Waals surface area contributed by atoms with Gasteiger partial charge in [-0.15, -0.1) is 0 Å². The van der Waals surface area contributed by atoms with Gasteiger partial charge >= 0.3 is 0 Å². The highest BCUT2D eigenvalue weighted by atomic mass is 79.9. The molecule has 0 aliphatic carbocycles. The van der Waals surface area contributed by atoms with Crippen LogP contribution in [-0.4, -0.2) is 10.1 Å². The van der Waals surface area contributed by atoms with Crippen molar-refractivity contribution in [1.29, 1.82) is 5.26 Å². The molecule has 3 N–H and O–H groups in total. The Morgan fingerprint density at radius 2 is 1.73 bits per heavy atom. The van der Waals surface area contributed by atoms with Crippen molar-refractivity contribution >= 4 is 21.7 Å². The van der Waals surface area contributed by atoms with Gasteiger partial charge in [0.05, 0.1) is 5.69 Å². The minimum Gasteiger partial charge on any atom is -0.504 e. The number of nitrogen functional groups attached to an aromatic ring is 1. The van der Waals surface area contributed by atoms with Gasteiger partial charge in [-0.3, -0.25) is 0 Å². The predicted octanol–water partition coefficient (Wildman–Crippen LogP) is 6.13. The normalized spacial score (nSPS) is 10.4. The predicted molar refractivity (Wildman–Crippen MR) is 120 cm³/mol. The van der Waals surface area contributed by atoms with Crippen LogP contribution in [0.4, 0.5) is 5.82 Å². The zero-order valence-corrected chi connectivity index (χ0v) is 17.3. The number of aromatic nitrogens is 1. The number of para-hydroxylation sites is 1. The maximum atomic E-state index is 10.5. The van der Waals surface area contributed by atoms with Gasteiger partial charge in [0.15, 0.2) is 11.5 Å². The number of nitrogens with two attached hydrogens (primary N) is 1.